The van der Waals surface area contributed by atoms with Crippen LogP contribution < -0.4 is 11.1 Å². The standard InChI is InChI=1S/C12H18N4O2S/c1-19-12-14-5-8(10(13)18)11(16-12)15-9-4-2-3-7(9)6-17/h5,7,9,17H,2-4,6H2,1H3,(H2,13,18)(H,14,15,16). The van der Waals surface area contributed by atoms with Crippen molar-refractivity contribution in [2.45, 2.75) is 30.5 Å². The van der Waals surface area contributed by atoms with Crippen LogP contribution in [-0.4, -0.2) is 39.9 Å². The molecule has 0 saturated heterocycles. The minimum atomic E-state index is -0.548. The Hall–Kier alpha value is -1.34. The van der Waals surface area contributed by atoms with Crippen LogP contribution >= 0.6 is 11.8 Å². The number of nitrogens with two attached hydrogens (primary N) is 1. The van der Waals surface area contributed by atoms with Crippen LogP contribution in [-0.2, 0) is 0 Å². The van der Waals surface area contributed by atoms with E-state index in [9.17, 15) is 9.90 Å². The summed E-state index contributed by atoms with van der Waals surface area (Å²) in [6.45, 7) is 0.143. The van der Waals surface area contributed by atoms with Gasteiger partial charge in [-0.15, -0.1) is 0 Å². The third-order valence-corrected chi connectivity index (χ3v) is 3.99. The van der Waals surface area contributed by atoms with E-state index in [4.69, 9.17) is 5.73 Å². The molecule has 2 atom stereocenters. The number of anilines is 1. The molecule has 0 spiro atoms. The van der Waals surface area contributed by atoms with Gasteiger partial charge in [0.2, 0.25) is 0 Å². The SMILES string of the molecule is CSc1ncc(C(N)=O)c(NC2CCCC2CO)n1. The number of aromatic nitrogens is 2. The predicted octanol–water partition coefficient (Wildman–Crippen LogP) is 0.870. The number of thioether (sulfide) groups is 1. The number of rotatable bonds is 5. The summed E-state index contributed by atoms with van der Waals surface area (Å²) in [5.74, 6) is 0.124. The molecule has 2 rings (SSSR count). The molecule has 1 aromatic heterocycles. The van der Waals surface area contributed by atoms with Crippen molar-refractivity contribution < 1.29 is 9.90 Å². The first-order valence-corrected chi connectivity index (χ1v) is 7.46. The van der Waals surface area contributed by atoms with Crippen LogP contribution in [0, 0.1) is 5.92 Å². The van der Waals surface area contributed by atoms with E-state index in [0.29, 0.717) is 16.5 Å². The minimum absolute atomic E-state index is 0.132. The van der Waals surface area contributed by atoms with Gasteiger partial charge in [-0.05, 0) is 19.1 Å². The van der Waals surface area contributed by atoms with E-state index in [-0.39, 0.29) is 18.6 Å². The zero-order valence-corrected chi connectivity index (χ0v) is 11.6. The lowest BCUT2D eigenvalue weighted by Crippen LogP contribution is -2.28. The molecule has 1 aromatic rings. The Labute approximate surface area is 116 Å². The van der Waals surface area contributed by atoms with Gasteiger partial charge in [0.15, 0.2) is 5.16 Å². The Morgan fingerprint density at radius 2 is 2.42 bits per heavy atom. The Morgan fingerprint density at radius 1 is 1.63 bits per heavy atom. The summed E-state index contributed by atoms with van der Waals surface area (Å²) in [5.41, 5.74) is 5.63. The van der Waals surface area contributed by atoms with E-state index < -0.39 is 5.91 Å². The number of aliphatic hydroxyl groups excluding tert-OH is 1. The molecule has 0 aromatic carbocycles. The van der Waals surface area contributed by atoms with Gasteiger partial charge in [-0.25, -0.2) is 9.97 Å². The maximum absolute atomic E-state index is 11.4. The second-order valence-corrected chi connectivity index (χ2v) is 5.38. The van der Waals surface area contributed by atoms with Crippen LogP contribution in [0.3, 0.4) is 0 Å². The largest absolute Gasteiger partial charge is 0.396 e. The second kappa shape index (κ2) is 6.21. The molecule has 0 radical (unpaired) electrons. The zero-order valence-electron chi connectivity index (χ0n) is 10.8. The van der Waals surface area contributed by atoms with Gasteiger partial charge >= 0.3 is 0 Å². The molecule has 1 amide bonds. The Balaban J connectivity index is 2.24. The van der Waals surface area contributed by atoms with Crippen LogP contribution in [0.25, 0.3) is 0 Å². The smallest absolute Gasteiger partial charge is 0.254 e. The maximum Gasteiger partial charge on any atom is 0.254 e. The molecule has 0 aliphatic heterocycles. The Kier molecular flexibility index (Phi) is 4.60. The van der Waals surface area contributed by atoms with E-state index in [0.717, 1.165) is 19.3 Å². The van der Waals surface area contributed by atoms with E-state index >= 15 is 0 Å². The van der Waals surface area contributed by atoms with Gasteiger partial charge in [0.25, 0.3) is 5.91 Å². The fourth-order valence-electron chi connectivity index (χ4n) is 2.38. The number of hydrogen-bond acceptors (Lipinski definition) is 6. The molecule has 0 bridgehead atoms. The fourth-order valence-corrected chi connectivity index (χ4v) is 2.72. The third-order valence-electron chi connectivity index (χ3n) is 3.43. The van der Waals surface area contributed by atoms with E-state index in [1.54, 1.807) is 0 Å². The Morgan fingerprint density at radius 3 is 3.05 bits per heavy atom. The molecule has 6 nitrogen and oxygen atoms in total. The molecule has 19 heavy (non-hydrogen) atoms. The van der Waals surface area contributed by atoms with Crippen molar-refractivity contribution in [1.29, 1.82) is 0 Å². The highest BCUT2D eigenvalue weighted by atomic mass is 32.2. The summed E-state index contributed by atoms with van der Waals surface area (Å²) in [7, 11) is 0. The van der Waals surface area contributed by atoms with Crippen molar-refractivity contribution >= 4 is 23.5 Å². The highest BCUT2D eigenvalue weighted by molar-refractivity contribution is 7.98. The molecule has 1 saturated carbocycles. The van der Waals surface area contributed by atoms with Crippen LogP contribution in [0.2, 0.25) is 0 Å². The summed E-state index contributed by atoms with van der Waals surface area (Å²) in [5, 5.41) is 13.2. The highest BCUT2D eigenvalue weighted by Gasteiger charge is 2.28. The molecule has 4 N–H and O–H groups in total. The number of aliphatic hydroxyl groups is 1. The molecule has 1 fully saturated rings. The van der Waals surface area contributed by atoms with Crippen LogP contribution in [0.1, 0.15) is 29.6 Å². The highest BCUT2D eigenvalue weighted by Crippen LogP contribution is 2.29. The number of hydrogen-bond donors (Lipinski definition) is 3. The summed E-state index contributed by atoms with van der Waals surface area (Å²) in [6.07, 6.45) is 6.33. The van der Waals surface area contributed by atoms with Gasteiger partial charge in [0.1, 0.15) is 5.82 Å². The van der Waals surface area contributed by atoms with E-state index in [1.807, 2.05) is 6.26 Å². The number of primary amides is 1. The summed E-state index contributed by atoms with van der Waals surface area (Å²) in [4.78, 5) is 19.7. The lowest BCUT2D eigenvalue weighted by molar-refractivity contribution is 0.1000. The number of nitrogens with zero attached hydrogens (tertiary/aromatic N) is 2. The van der Waals surface area contributed by atoms with Gasteiger partial charge in [0, 0.05) is 24.8 Å². The van der Waals surface area contributed by atoms with Crippen LogP contribution in [0.15, 0.2) is 11.4 Å². The van der Waals surface area contributed by atoms with Crippen molar-refractivity contribution in [2.24, 2.45) is 11.7 Å². The first-order valence-electron chi connectivity index (χ1n) is 6.24. The molecule has 1 aliphatic rings. The fraction of sp³-hybridized carbons (Fsp3) is 0.583. The average molecular weight is 282 g/mol. The molecular formula is C12H18N4O2S. The normalized spacial score (nSPS) is 22.4. The lowest BCUT2D eigenvalue weighted by atomic mass is 10.0. The Bertz CT molecular complexity index is 469. The molecule has 7 heteroatoms. The predicted molar refractivity (Wildman–Crippen MR) is 74.2 cm³/mol. The second-order valence-electron chi connectivity index (χ2n) is 4.61. The number of nitrogens with one attached hydrogen (secondary N) is 1. The van der Waals surface area contributed by atoms with Crippen LogP contribution in [0.5, 0.6) is 0 Å². The van der Waals surface area contributed by atoms with Gasteiger partial charge in [-0.2, -0.15) is 0 Å². The quantitative estimate of drug-likeness (QED) is 0.547. The summed E-state index contributed by atoms with van der Waals surface area (Å²) in [6, 6.07) is 0.132. The lowest BCUT2D eigenvalue weighted by Gasteiger charge is -2.20. The molecule has 104 valence electrons. The van der Waals surface area contributed by atoms with Crippen LogP contribution in [0.4, 0.5) is 5.82 Å². The average Bonchev–Trinajstić information content (AvgIpc) is 2.85. The first kappa shape index (κ1) is 14.1. The first-order chi connectivity index (χ1) is 9.15. The van der Waals surface area contributed by atoms with Crippen molar-refractivity contribution in [3.8, 4) is 0 Å². The van der Waals surface area contributed by atoms with Crippen molar-refractivity contribution in [3.05, 3.63) is 11.8 Å². The molecule has 1 heterocycles. The monoisotopic (exact) mass is 282 g/mol. The topological polar surface area (TPSA) is 101 Å². The molecular weight excluding hydrogens is 264 g/mol. The van der Waals surface area contributed by atoms with Gasteiger partial charge in [-0.3, -0.25) is 4.79 Å². The molecule has 1 aliphatic carbocycles. The minimum Gasteiger partial charge on any atom is -0.396 e. The van der Waals surface area contributed by atoms with Gasteiger partial charge < -0.3 is 16.2 Å². The summed E-state index contributed by atoms with van der Waals surface area (Å²) >= 11 is 1.40. The van der Waals surface area contributed by atoms with Crippen molar-refractivity contribution in [1.82, 2.24) is 9.97 Å². The maximum atomic E-state index is 11.4. The third kappa shape index (κ3) is 3.16. The van der Waals surface area contributed by atoms with Crippen molar-refractivity contribution in [2.75, 3.05) is 18.2 Å². The number of carbonyl (C=O) groups is 1. The number of amides is 1. The van der Waals surface area contributed by atoms with Crippen molar-refractivity contribution in [3.63, 3.8) is 0 Å². The van der Waals surface area contributed by atoms with Gasteiger partial charge in [0.05, 0.1) is 5.56 Å². The zero-order chi connectivity index (χ0) is 13.8. The van der Waals surface area contributed by atoms with E-state index in [1.165, 1.54) is 18.0 Å². The number of carbonyl (C=O) groups excluding carboxylic acids is 1. The summed E-state index contributed by atoms with van der Waals surface area (Å²) < 4.78 is 0. The molecule has 2 unspecified atom stereocenters. The van der Waals surface area contributed by atoms with Gasteiger partial charge in [-0.1, -0.05) is 18.2 Å². The van der Waals surface area contributed by atoms with E-state index in [2.05, 4.69) is 15.3 Å².